The summed E-state index contributed by atoms with van der Waals surface area (Å²) in [6.07, 6.45) is 5.14. The predicted octanol–water partition coefficient (Wildman–Crippen LogP) is 2.88. The number of hydrogen-bond donors (Lipinski definition) is 0. The van der Waals surface area contributed by atoms with Crippen molar-refractivity contribution in [2.24, 2.45) is 0 Å². The van der Waals surface area contributed by atoms with E-state index in [2.05, 4.69) is 6.92 Å². The van der Waals surface area contributed by atoms with Crippen molar-refractivity contribution in [1.29, 1.82) is 0 Å². The maximum Gasteiger partial charge on any atom is 0.111 e. The number of alkyl halides is 1. The summed E-state index contributed by atoms with van der Waals surface area (Å²) in [6.45, 7) is 3.65. The van der Waals surface area contributed by atoms with Gasteiger partial charge in [0.2, 0.25) is 0 Å². The van der Waals surface area contributed by atoms with E-state index in [0.717, 1.165) is 32.1 Å². The average Bonchev–Trinajstić information content (AvgIpc) is 2.16. The van der Waals surface area contributed by atoms with Gasteiger partial charge in [0.1, 0.15) is 5.67 Å². The molecule has 0 N–H and O–H groups in total. The van der Waals surface area contributed by atoms with Gasteiger partial charge >= 0.3 is 0 Å². The Balaban J connectivity index is 2.32. The third-order valence-corrected chi connectivity index (χ3v) is 2.12. The molecule has 0 bridgehead atoms. The van der Waals surface area contributed by atoms with Crippen molar-refractivity contribution in [2.45, 2.75) is 44.2 Å². The second-order valence-corrected chi connectivity index (χ2v) is 2.96. The van der Waals surface area contributed by atoms with Crippen molar-refractivity contribution in [3.8, 4) is 0 Å². The maximum atomic E-state index is 13.3. The monoisotopic (exact) mass is 129 g/mol. The molecule has 1 saturated carbocycles. The molecule has 0 nitrogen and oxygen atoms in total. The number of halogens is 1. The van der Waals surface area contributed by atoms with Crippen LogP contribution in [-0.4, -0.2) is 5.67 Å². The Morgan fingerprint density at radius 3 is 2.33 bits per heavy atom. The van der Waals surface area contributed by atoms with Crippen LogP contribution in [0.2, 0.25) is 0 Å². The lowest BCUT2D eigenvalue weighted by molar-refractivity contribution is 0.160. The van der Waals surface area contributed by atoms with Crippen LogP contribution < -0.4 is 0 Å². The van der Waals surface area contributed by atoms with E-state index in [4.69, 9.17) is 0 Å². The molecule has 0 amide bonds. The van der Waals surface area contributed by atoms with Crippen molar-refractivity contribution in [3.05, 3.63) is 6.92 Å². The molecule has 0 atom stereocenters. The fourth-order valence-corrected chi connectivity index (χ4v) is 1.58. The molecule has 0 aromatic rings. The highest BCUT2D eigenvalue weighted by molar-refractivity contribution is 4.84. The lowest BCUT2D eigenvalue weighted by atomic mass is 9.99. The first-order valence-electron chi connectivity index (χ1n) is 3.75. The molecule has 1 radical (unpaired) electrons. The third-order valence-electron chi connectivity index (χ3n) is 2.12. The van der Waals surface area contributed by atoms with Crippen LogP contribution in [0.5, 0.6) is 0 Å². The van der Waals surface area contributed by atoms with E-state index < -0.39 is 5.67 Å². The minimum atomic E-state index is -0.818. The second kappa shape index (κ2) is 2.68. The Morgan fingerprint density at radius 2 is 1.89 bits per heavy atom. The fourth-order valence-electron chi connectivity index (χ4n) is 1.58. The van der Waals surface area contributed by atoms with E-state index in [9.17, 15) is 4.39 Å². The fraction of sp³-hybridized carbons (Fsp3) is 0.875. The second-order valence-electron chi connectivity index (χ2n) is 2.96. The Kier molecular flexibility index (Phi) is 2.09. The van der Waals surface area contributed by atoms with Gasteiger partial charge in [0, 0.05) is 0 Å². The molecule has 1 fully saturated rings. The minimum absolute atomic E-state index is 0.674. The Morgan fingerprint density at radius 1 is 1.33 bits per heavy atom. The summed E-state index contributed by atoms with van der Waals surface area (Å²) in [4.78, 5) is 0. The van der Waals surface area contributed by atoms with Crippen LogP contribution in [0.25, 0.3) is 0 Å². The molecule has 1 heteroatoms. The highest BCUT2D eigenvalue weighted by atomic mass is 19.1. The van der Waals surface area contributed by atoms with Crippen molar-refractivity contribution in [2.75, 3.05) is 0 Å². The topological polar surface area (TPSA) is 0 Å². The quantitative estimate of drug-likeness (QED) is 0.537. The van der Waals surface area contributed by atoms with Gasteiger partial charge in [-0.2, -0.15) is 0 Å². The summed E-state index contributed by atoms with van der Waals surface area (Å²) >= 11 is 0. The third kappa shape index (κ3) is 1.67. The SMILES string of the molecule is [CH2]CCC1(F)CCCC1. The van der Waals surface area contributed by atoms with Crippen molar-refractivity contribution < 1.29 is 4.39 Å². The molecule has 0 spiro atoms. The van der Waals surface area contributed by atoms with Gasteiger partial charge in [0.25, 0.3) is 0 Å². The molecular weight excluding hydrogens is 115 g/mol. The van der Waals surface area contributed by atoms with Gasteiger partial charge in [-0.15, -0.1) is 0 Å². The van der Waals surface area contributed by atoms with Gasteiger partial charge in [0.15, 0.2) is 0 Å². The highest BCUT2D eigenvalue weighted by Gasteiger charge is 2.31. The van der Waals surface area contributed by atoms with Crippen LogP contribution in [0.15, 0.2) is 0 Å². The molecule has 53 valence electrons. The van der Waals surface area contributed by atoms with E-state index in [1.807, 2.05) is 0 Å². The number of rotatable bonds is 2. The summed E-state index contributed by atoms with van der Waals surface area (Å²) in [5.74, 6) is 0. The van der Waals surface area contributed by atoms with Crippen molar-refractivity contribution >= 4 is 0 Å². The van der Waals surface area contributed by atoms with E-state index in [0.29, 0.717) is 6.42 Å². The van der Waals surface area contributed by atoms with Crippen LogP contribution >= 0.6 is 0 Å². The molecule has 0 aromatic carbocycles. The zero-order valence-corrected chi connectivity index (χ0v) is 5.83. The van der Waals surface area contributed by atoms with Gasteiger partial charge in [0.05, 0.1) is 0 Å². The van der Waals surface area contributed by atoms with Gasteiger partial charge < -0.3 is 0 Å². The molecule has 9 heavy (non-hydrogen) atoms. The summed E-state index contributed by atoms with van der Waals surface area (Å²) in [6, 6.07) is 0. The molecule has 0 heterocycles. The molecule has 1 rings (SSSR count). The minimum Gasteiger partial charge on any atom is -0.244 e. The smallest absolute Gasteiger partial charge is 0.111 e. The molecule has 0 unspecified atom stereocenters. The van der Waals surface area contributed by atoms with E-state index >= 15 is 0 Å². The molecule has 0 saturated heterocycles. The van der Waals surface area contributed by atoms with Gasteiger partial charge in [-0.25, -0.2) is 4.39 Å². The van der Waals surface area contributed by atoms with E-state index in [-0.39, 0.29) is 0 Å². The van der Waals surface area contributed by atoms with Crippen LogP contribution in [0.1, 0.15) is 38.5 Å². The lowest BCUT2D eigenvalue weighted by Crippen LogP contribution is -2.16. The van der Waals surface area contributed by atoms with Crippen molar-refractivity contribution in [1.82, 2.24) is 0 Å². The standard InChI is InChI=1S/C8H14F/c1-2-5-8(9)6-3-4-7-8/h1-7H2. The first-order chi connectivity index (χ1) is 4.27. The summed E-state index contributed by atoms with van der Waals surface area (Å²) in [5, 5.41) is 0. The zero-order chi connectivity index (χ0) is 6.74. The normalized spacial score (nSPS) is 24.7. The highest BCUT2D eigenvalue weighted by Crippen LogP contribution is 2.36. The Hall–Kier alpha value is -0.0700. The zero-order valence-electron chi connectivity index (χ0n) is 5.83. The summed E-state index contributed by atoms with van der Waals surface area (Å²) in [5.41, 5.74) is -0.818. The van der Waals surface area contributed by atoms with Crippen LogP contribution in [0.3, 0.4) is 0 Å². The number of hydrogen-bond acceptors (Lipinski definition) is 0. The summed E-state index contributed by atoms with van der Waals surface area (Å²) < 4.78 is 13.3. The summed E-state index contributed by atoms with van der Waals surface area (Å²) in [7, 11) is 0. The largest absolute Gasteiger partial charge is 0.244 e. The first kappa shape index (κ1) is 7.04. The molecular formula is C8H14F. The Bertz CT molecular complexity index is 82.6. The van der Waals surface area contributed by atoms with Crippen LogP contribution in [-0.2, 0) is 0 Å². The molecule has 1 aliphatic carbocycles. The van der Waals surface area contributed by atoms with Gasteiger partial charge in [-0.1, -0.05) is 26.2 Å². The molecule has 1 aliphatic rings. The van der Waals surface area contributed by atoms with Gasteiger partial charge in [-0.3, -0.25) is 0 Å². The molecule has 0 aliphatic heterocycles. The lowest BCUT2D eigenvalue weighted by Gasteiger charge is -2.16. The molecule has 0 aromatic heterocycles. The van der Waals surface area contributed by atoms with Crippen LogP contribution in [0.4, 0.5) is 4.39 Å². The van der Waals surface area contributed by atoms with Crippen molar-refractivity contribution in [3.63, 3.8) is 0 Å². The van der Waals surface area contributed by atoms with Gasteiger partial charge in [-0.05, 0) is 19.3 Å². The maximum absolute atomic E-state index is 13.3. The van der Waals surface area contributed by atoms with E-state index in [1.165, 1.54) is 0 Å². The Labute approximate surface area is 56.5 Å². The van der Waals surface area contributed by atoms with E-state index in [1.54, 1.807) is 0 Å². The van der Waals surface area contributed by atoms with Crippen LogP contribution in [0, 0.1) is 6.92 Å². The predicted molar refractivity (Wildman–Crippen MR) is 36.9 cm³/mol. The first-order valence-corrected chi connectivity index (χ1v) is 3.75. The average molecular weight is 129 g/mol.